The van der Waals surface area contributed by atoms with E-state index >= 15 is 0 Å². The van der Waals surface area contributed by atoms with Crippen molar-refractivity contribution in [3.05, 3.63) is 46.5 Å². The zero-order chi connectivity index (χ0) is 26.2. The lowest BCUT2D eigenvalue weighted by Crippen LogP contribution is -2.38. The van der Waals surface area contributed by atoms with E-state index in [1.165, 1.54) is 4.90 Å². The SMILES string of the molecule is CC1CC2OC2C=CC=CC(=NOCC(=O)N(CCO)CCO)Cc2c(Cl)c(O)cc(O)c2C(=O)O1. The van der Waals surface area contributed by atoms with Crippen molar-refractivity contribution in [2.24, 2.45) is 5.16 Å². The van der Waals surface area contributed by atoms with Crippen molar-refractivity contribution in [2.75, 3.05) is 32.9 Å². The van der Waals surface area contributed by atoms with E-state index in [0.29, 0.717) is 6.42 Å². The minimum absolute atomic E-state index is 0.0241. The average Bonchev–Trinajstić information content (AvgIpc) is 3.55. The maximum atomic E-state index is 12.9. The first-order chi connectivity index (χ1) is 17.2. The standard InChI is InChI=1S/C24H29ClN2O9/c1-14-10-20-19(36-20)5-3-2-4-15(26-34-13-21(32)27(6-8-28)7-9-29)11-16-22(24(33)35-14)17(30)12-18(31)23(16)25/h2-5,12,14,19-20,28-31H,6-11,13H2,1H3. The van der Waals surface area contributed by atoms with Crippen molar-refractivity contribution in [1.82, 2.24) is 4.90 Å². The van der Waals surface area contributed by atoms with Crippen molar-refractivity contribution in [2.45, 2.75) is 38.1 Å². The molecule has 2 aliphatic heterocycles. The van der Waals surface area contributed by atoms with Gasteiger partial charge < -0.3 is 39.6 Å². The number of halogens is 1. The Morgan fingerprint density at radius 3 is 2.64 bits per heavy atom. The van der Waals surface area contributed by atoms with Gasteiger partial charge in [0, 0.05) is 32.0 Å². The van der Waals surface area contributed by atoms with Crippen molar-refractivity contribution in [3.8, 4) is 11.5 Å². The smallest absolute Gasteiger partial charge is 0.342 e. The number of cyclic esters (lactones) is 1. The van der Waals surface area contributed by atoms with Gasteiger partial charge in [-0.3, -0.25) is 4.79 Å². The third-order valence-electron chi connectivity index (χ3n) is 5.54. The fraction of sp³-hybridized carbons (Fsp3) is 0.458. The molecule has 12 heteroatoms. The number of aliphatic hydroxyl groups excluding tert-OH is 2. The van der Waals surface area contributed by atoms with Gasteiger partial charge in [-0.15, -0.1) is 0 Å². The van der Waals surface area contributed by atoms with Crippen LogP contribution in [0.5, 0.6) is 11.5 Å². The van der Waals surface area contributed by atoms with Crippen molar-refractivity contribution >= 4 is 29.2 Å². The van der Waals surface area contributed by atoms with Crippen molar-refractivity contribution < 1.29 is 44.3 Å². The highest BCUT2D eigenvalue weighted by Gasteiger charge is 2.38. The topological polar surface area (TPSA) is 162 Å². The monoisotopic (exact) mass is 524 g/mol. The molecule has 3 rings (SSSR count). The second kappa shape index (κ2) is 12.7. The molecule has 1 amide bonds. The number of carbonyl (C=O) groups excluding carboxylic acids is 2. The molecule has 196 valence electrons. The van der Waals surface area contributed by atoms with E-state index in [4.69, 9.17) is 36.1 Å². The fourth-order valence-corrected chi connectivity index (χ4v) is 3.93. The molecule has 1 aromatic carbocycles. The first-order valence-electron chi connectivity index (χ1n) is 11.4. The lowest BCUT2D eigenvalue weighted by molar-refractivity contribution is -0.137. The minimum Gasteiger partial charge on any atom is -0.507 e. The Kier molecular flexibility index (Phi) is 9.71. The van der Waals surface area contributed by atoms with Gasteiger partial charge in [0.05, 0.1) is 30.1 Å². The Morgan fingerprint density at radius 1 is 1.22 bits per heavy atom. The van der Waals surface area contributed by atoms with Crippen LogP contribution < -0.4 is 0 Å². The number of esters is 1. The molecule has 4 N–H and O–H groups in total. The van der Waals surface area contributed by atoms with E-state index in [0.717, 1.165) is 6.07 Å². The molecule has 1 fully saturated rings. The number of aromatic hydroxyl groups is 2. The van der Waals surface area contributed by atoms with Crippen LogP contribution in [0.3, 0.4) is 0 Å². The summed E-state index contributed by atoms with van der Waals surface area (Å²) >= 11 is 6.30. The lowest BCUT2D eigenvalue weighted by Gasteiger charge is -2.19. The minimum atomic E-state index is -0.829. The molecule has 0 aromatic heterocycles. The number of epoxide rings is 1. The summed E-state index contributed by atoms with van der Waals surface area (Å²) in [7, 11) is 0. The van der Waals surface area contributed by atoms with E-state index in [1.54, 1.807) is 25.2 Å². The van der Waals surface area contributed by atoms with Crippen LogP contribution in [0.1, 0.15) is 29.3 Å². The number of rotatable bonds is 7. The first kappa shape index (κ1) is 27.5. The highest BCUT2D eigenvalue weighted by atomic mass is 35.5. The molecule has 0 radical (unpaired) electrons. The molecule has 2 heterocycles. The van der Waals surface area contributed by atoms with Gasteiger partial charge in [-0.2, -0.15) is 0 Å². The van der Waals surface area contributed by atoms with Crippen LogP contribution in [0, 0.1) is 0 Å². The molecular formula is C24H29ClN2O9. The molecular weight excluding hydrogens is 496 g/mol. The van der Waals surface area contributed by atoms with Crippen LogP contribution in [-0.4, -0.2) is 94.1 Å². The molecule has 36 heavy (non-hydrogen) atoms. The molecule has 0 saturated carbocycles. The van der Waals surface area contributed by atoms with Crippen LogP contribution in [0.15, 0.2) is 35.5 Å². The maximum absolute atomic E-state index is 12.9. The zero-order valence-electron chi connectivity index (χ0n) is 19.7. The Labute approximate surface area is 212 Å². The average molecular weight is 525 g/mol. The molecule has 11 nitrogen and oxygen atoms in total. The molecule has 3 atom stereocenters. The van der Waals surface area contributed by atoms with Crippen LogP contribution in [0.25, 0.3) is 0 Å². The number of phenols is 2. The number of hydrogen-bond acceptors (Lipinski definition) is 10. The summed E-state index contributed by atoms with van der Waals surface area (Å²) in [5, 5.41) is 42.6. The predicted octanol–water partition coefficient (Wildman–Crippen LogP) is 1.31. The fourth-order valence-electron chi connectivity index (χ4n) is 3.72. The van der Waals surface area contributed by atoms with Crippen molar-refractivity contribution in [1.29, 1.82) is 0 Å². The number of nitrogens with zero attached hydrogens (tertiary/aromatic N) is 2. The third kappa shape index (κ3) is 7.20. The Morgan fingerprint density at radius 2 is 1.94 bits per heavy atom. The number of fused-ring (bicyclic) bond motifs is 2. The van der Waals surface area contributed by atoms with E-state index in [2.05, 4.69) is 5.16 Å². The summed E-state index contributed by atoms with van der Waals surface area (Å²) < 4.78 is 11.0. The van der Waals surface area contributed by atoms with Crippen LogP contribution >= 0.6 is 11.6 Å². The van der Waals surface area contributed by atoms with E-state index in [-0.39, 0.29) is 66.8 Å². The molecule has 0 bridgehead atoms. The van der Waals surface area contributed by atoms with Crippen LogP contribution in [0.2, 0.25) is 5.02 Å². The van der Waals surface area contributed by atoms with Gasteiger partial charge in [0.2, 0.25) is 0 Å². The largest absolute Gasteiger partial charge is 0.507 e. The summed E-state index contributed by atoms with van der Waals surface area (Å²) in [4.78, 5) is 31.7. The van der Waals surface area contributed by atoms with Gasteiger partial charge in [-0.1, -0.05) is 35.0 Å². The van der Waals surface area contributed by atoms with Crippen LogP contribution in [-0.2, 0) is 25.5 Å². The third-order valence-corrected chi connectivity index (χ3v) is 5.96. The second-order valence-corrected chi connectivity index (χ2v) is 8.66. The zero-order valence-corrected chi connectivity index (χ0v) is 20.4. The Bertz CT molecular complexity index is 1050. The number of carbonyl (C=O) groups is 2. The van der Waals surface area contributed by atoms with E-state index < -0.39 is 36.1 Å². The Hall–Kier alpha value is -3.12. The van der Waals surface area contributed by atoms with Crippen LogP contribution in [0.4, 0.5) is 0 Å². The Balaban J connectivity index is 1.91. The van der Waals surface area contributed by atoms with Gasteiger partial charge >= 0.3 is 5.97 Å². The number of benzene rings is 1. The van der Waals surface area contributed by atoms with Gasteiger partial charge in [0.1, 0.15) is 29.3 Å². The quantitative estimate of drug-likeness (QED) is 0.234. The molecule has 1 aromatic rings. The highest BCUT2D eigenvalue weighted by Crippen LogP contribution is 2.38. The summed E-state index contributed by atoms with van der Waals surface area (Å²) in [6, 6.07) is 0.956. The highest BCUT2D eigenvalue weighted by molar-refractivity contribution is 6.33. The number of ether oxygens (including phenoxy) is 2. The molecule has 0 spiro atoms. The van der Waals surface area contributed by atoms with Gasteiger partial charge in [0.15, 0.2) is 6.61 Å². The molecule has 2 aliphatic rings. The number of aliphatic hydroxyl groups is 2. The lowest BCUT2D eigenvalue weighted by atomic mass is 9.99. The summed E-state index contributed by atoms with van der Waals surface area (Å²) in [5.74, 6) is -2.29. The van der Waals surface area contributed by atoms with E-state index in [1.807, 2.05) is 6.08 Å². The number of allylic oxidation sites excluding steroid dienone is 3. The van der Waals surface area contributed by atoms with Gasteiger partial charge in [0.25, 0.3) is 5.91 Å². The number of oxime groups is 1. The summed E-state index contributed by atoms with van der Waals surface area (Å²) in [6.45, 7) is 0.720. The first-order valence-corrected chi connectivity index (χ1v) is 11.8. The second-order valence-electron chi connectivity index (χ2n) is 8.28. The molecule has 1 saturated heterocycles. The molecule has 0 aliphatic carbocycles. The maximum Gasteiger partial charge on any atom is 0.342 e. The number of amides is 1. The number of hydrogen-bond donors (Lipinski definition) is 4. The summed E-state index contributed by atoms with van der Waals surface area (Å²) in [6.07, 6.45) is 6.37. The van der Waals surface area contributed by atoms with Crippen molar-refractivity contribution in [3.63, 3.8) is 0 Å². The van der Waals surface area contributed by atoms with Gasteiger partial charge in [-0.25, -0.2) is 4.79 Å². The number of phenolic OH excluding ortho intramolecular Hbond substituents is 2. The summed E-state index contributed by atoms with van der Waals surface area (Å²) in [5.41, 5.74) is 0.0517. The molecule has 3 unspecified atom stereocenters. The predicted molar refractivity (Wildman–Crippen MR) is 129 cm³/mol. The normalized spacial score (nSPS) is 22.8. The van der Waals surface area contributed by atoms with Gasteiger partial charge in [-0.05, 0) is 18.6 Å². The van der Waals surface area contributed by atoms with E-state index in [9.17, 15) is 19.8 Å².